The highest BCUT2D eigenvalue weighted by Crippen LogP contribution is 2.18. The molecule has 0 saturated carbocycles. The number of hydrogen-bond acceptors (Lipinski definition) is 4. The van der Waals surface area contributed by atoms with Gasteiger partial charge in [-0.05, 0) is 17.7 Å². The van der Waals surface area contributed by atoms with Gasteiger partial charge in [-0.25, -0.2) is 0 Å². The summed E-state index contributed by atoms with van der Waals surface area (Å²) in [5, 5.41) is 17.0. The SMILES string of the molecule is NC(CC(=O)O)c1ccc(OBO)cc1. The van der Waals surface area contributed by atoms with Gasteiger partial charge >= 0.3 is 13.7 Å². The van der Waals surface area contributed by atoms with E-state index in [4.69, 9.17) is 20.5 Å². The number of nitrogens with two attached hydrogens (primary N) is 1. The summed E-state index contributed by atoms with van der Waals surface area (Å²) in [7, 11) is -0.388. The molecule has 0 bridgehead atoms. The van der Waals surface area contributed by atoms with Crippen LogP contribution in [0.25, 0.3) is 0 Å². The van der Waals surface area contributed by atoms with E-state index in [0.717, 1.165) is 5.56 Å². The molecule has 0 saturated heterocycles. The van der Waals surface area contributed by atoms with Gasteiger partial charge in [0.2, 0.25) is 0 Å². The normalized spacial score (nSPS) is 11.9. The van der Waals surface area contributed by atoms with Crippen LogP contribution in [0.2, 0.25) is 0 Å². The van der Waals surface area contributed by atoms with Gasteiger partial charge in [-0.15, -0.1) is 0 Å². The molecule has 1 aromatic rings. The Bertz CT molecular complexity index is 327. The number of carbonyl (C=O) groups is 1. The molecule has 1 aromatic carbocycles. The molecule has 80 valence electrons. The highest BCUT2D eigenvalue weighted by atomic mass is 16.5. The van der Waals surface area contributed by atoms with E-state index in [1.165, 1.54) is 0 Å². The van der Waals surface area contributed by atoms with Crippen LogP contribution in [0.4, 0.5) is 0 Å². The fourth-order valence-corrected chi connectivity index (χ4v) is 1.19. The summed E-state index contributed by atoms with van der Waals surface area (Å²) in [4.78, 5) is 10.4. The minimum atomic E-state index is -0.932. The molecular formula is C9H12BNO4. The van der Waals surface area contributed by atoms with Crippen LogP contribution in [0.5, 0.6) is 5.75 Å². The molecule has 0 aliphatic rings. The second kappa shape index (κ2) is 5.38. The second-order valence-corrected chi connectivity index (χ2v) is 3.05. The topological polar surface area (TPSA) is 92.8 Å². The fourth-order valence-electron chi connectivity index (χ4n) is 1.19. The highest BCUT2D eigenvalue weighted by molar-refractivity contribution is 6.17. The molecule has 0 aliphatic carbocycles. The van der Waals surface area contributed by atoms with Crippen molar-refractivity contribution in [1.82, 2.24) is 0 Å². The molecular weight excluding hydrogens is 197 g/mol. The molecule has 0 aromatic heterocycles. The third kappa shape index (κ3) is 3.61. The number of hydrogen-bond donors (Lipinski definition) is 3. The van der Waals surface area contributed by atoms with Crippen molar-refractivity contribution in [1.29, 1.82) is 0 Å². The van der Waals surface area contributed by atoms with Crippen molar-refractivity contribution >= 4 is 13.7 Å². The third-order valence-electron chi connectivity index (χ3n) is 1.93. The predicted molar refractivity (Wildman–Crippen MR) is 55.6 cm³/mol. The van der Waals surface area contributed by atoms with Crippen LogP contribution in [-0.2, 0) is 4.79 Å². The largest absolute Gasteiger partial charge is 0.539 e. The Morgan fingerprint density at radius 3 is 2.53 bits per heavy atom. The maximum atomic E-state index is 10.4. The maximum Gasteiger partial charge on any atom is 0.504 e. The Kier molecular flexibility index (Phi) is 4.14. The Morgan fingerprint density at radius 2 is 2.07 bits per heavy atom. The molecule has 4 N–H and O–H groups in total. The monoisotopic (exact) mass is 209 g/mol. The average molecular weight is 209 g/mol. The van der Waals surface area contributed by atoms with E-state index >= 15 is 0 Å². The first-order chi connectivity index (χ1) is 7.13. The average Bonchev–Trinajstić information content (AvgIpc) is 2.18. The molecule has 15 heavy (non-hydrogen) atoms. The Morgan fingerprint density at radius 1 is 1.47 bits per heavy atom. The van der Waals surface area contributed by atoms with E-state index in [-0.39, 0.29) is 14.1 Å². The third-order valence-corrected chi connectivity index (χ3v) is 1.93. The molecule has 0 fully saturated rings. The summed E-state index contributed by atoms with van der Waals surface area (Å²) in [5.41, 5.74) is 6.37. The van der Waals surface area contributed by atoms with Crippen LogP contribution in [0, 0.1) is 0 Å². The number of benzene rings is 1. The lowest BCUT2D eigenvalue weighted by Crippen LogP contribution is -2.14. The van der Waals surface area contributed by atoms with Crippen molar-refractivity contribution in [3.05, 3.63) is 29.8 Å². The molecule has 6 heteroatoms. The summed E-state index contributed by atoms with van der Waals surface area (Å²) in [6.45, 7) is 0. The van der Waals surface area contributed by atoms with Gasteiger partial charge in [-0.3, -0.25) is 4.79 Å². The van der Waals surface area contributed by atoms with E-state index in [1.54, 1.807) is 24.3 Å². The minimum Gasteiger partial charge on any atom is -0.539 e. The molecule has 5 nitrogen and oxygen atoms in total. The van der Waals surface area contributed by atoms with Crippen LogP contribution in [0.3, 0.4) is 0 Å². The van der Waals surface area contributed by atoms with E-state index in [0.29, 0.717) is 5.75 Å². The number of carboxylic acids is 1. The van der Waals surface area contributed by atoms with Gasteiger partial charge in [-0.2, -0.15) is 0 Å². The summed E-state index contributed by atoms with van der Waals surface area (Å²) in [6, 6.07) is 6.10. The molecule has 1 unspecified atom stereocenters. The molecule has 1 atom stereocenters. The van der Waals surface area contributed by atoms with E-state index in [1.807, 2.05) is 0 Å². The quantitative estimate of drug-likeness (QED) is 0.584. The van der Waals surface area contributed by atoms with Crippen LogP contribution < -0.4 is 10.4 Å². The van der Waals surface area contributed by atoms with Gasteiger partial charge in [0.15, 0.2) is 0 Å². The van der Waals surface area contributed by atoms with Crippen molar-refractivity contribution in [2.45, 2.75) is 12.5 Å². The molecule has 0 radical (unpaired) electrons. The Hall–Kier alpha value is -1.53. The van der Waals surface area contributed by atoms with Crippen LogP contribution in [-0.4, -0.2) is 23.8 Å². The molecule has 0 heterocycles. The van der Waals surface area contributed by atoms with Gasteiger partial charge in [0, 0.05) is 6.04 Å². The summed E-state index contributed by atoms with van der Waals surface area (Å²) in [5.74, 6) is -0.415. The lowest BCUT2D eigenvalue weighted by molar-refractivity contribution is -0.137. The standard InChI is InChI=1S/C9H12BNO4/c11-8(5-9(12)13)6-1-3-7(4-2-6)15-10-14/h1-4,8,10,14H,5,11H2,(H,12,13). The first-order valence-electron chi connectivity index (χ1n) is 4.44. The van der Waals surface area contributed by atoms with Gasteiger partial charge in [0.1, 0.15) is 5.75 Å². The van der Waals surface area contributed by atoms with Crippen LogP contribution in [0.1, 0.15) is 18.0 Å². The fraction of sp³-hybridized carbons (Fsp3) is 0.222. The van der Waals surface area contributed by atoms with Gasteiger partial charge in [0.05, 0.1) is 6.42 Å². The zero-order valence-electron chi connectivity index (χ0n) is 8.09. The zero-order chi connectivity index (χ0) is 11.3. The van der Waals surface area contributed by atoms with Crippen molar-refractivity contribution < 1.29 is 19.6 Å². The summed E-state index contributed by atoms with van der Waals surface area (Å²) < 4.78 is 4.82. The highest BCUT2D eigenvalue weighted by Gasteiger charge is 2.10. The van der Waals surface area contributed by atoms with E-state index in [2.05, 4.69) is 0 Å². The molecule has 0 spiro atoms. The number of aliphatic carboxylic acids is 1. The smallest absolute Gasteiger partial charge is 0.504 e. The van der Waals surface area contributed by atoms with Crippen LogP contribution in [0.15, 0.2) is 24.3 Å². The second-order valence-electron chi connectivity index (χ2n) is 3.05. The molecule has 0 amide bonds. The number of rotatable bonds is 5. The zero-order valence-corrected chi connectivity index (χ0v) is 8.09. The van der Waals surface area contributed by atoms with E-state index < -0.39 is 12.0 Å². The van der Waals surface area contributed by atoms with Crippen molar-refractivity contribution in [3.63, 3.8) is 0 Å². The van der Waals surface area contributed by atoms with E-state index in [9.17, 15) is 4.79 Å². The van der Waals surface area contributed by atoms with Gasteiger partial charge in [-0.1, -0.05) is 12.1 Å². The van der Waals surface area contributed by atoms with Crippen LogP contribution >= 0.6 is 0 Å². The summed E-state index contributed by atoms with van der Waals surface area (Å²) in [6.07, 6.45) is -0.111. The minimum absolute atomic E-state index is 0.111. The summed E-state index contributed by atoms with van der Waals surface area (Å²) >= 11 is 0. The molecule has 1 rings (SSSR count). The number of carboxylic acid groups (broad SMARTS) is 1. The van der Waals surface area contributed by atoms with Gasteiger partial charge < -0.3 is 20.5 Å². The van der Waals surface area contributed by atoms with Crippen molar-refractivity contribution in [2.24, 2.45) is 5.73 Å². The first kappa shape index (κ1) is 11.5. The lowest BCUT2D eigenvalue weighted by Gasteiger charge is -2.10. The van der Waals surface area contributed by atoms with Crippen molar-refractivity contribution in [3.8, 4) is 5.75 Å². The Labute approximate surface area is 87.8 Å². The van der Waals surface area contributed by atoms with Crippen molar-refractivity contribution in [2.75, 3.05) is 0 Å². The molecule has 0 aliphatic heterocycles. The first-order valence-corrected chi connectivity index (χ1v) is 4.44. The predicted octanol–water partition coefficient (Wildman–Crippen LogP) is -0.201. The maximum absolute atomic E-state index is 10.4. The van der Waals surface area contributed by atoms with Gasteiger partial charge in [0.25, 0.3) is 0 Å². The Balaban J connectivity index is 2.66. The lowest BCUT2D eigenvalue weighted by atomic mass is 10.0.